The van der Waals surface area contributed by atoms with Crippen molar-refractivity contribution < 1.29 is 0 Å². The first-order valence-electron chi connectivity index (χ1n) is 4.39. The summed E-state index contributed by atoms with van der Waals surface area (Å²) >= 11 is 3.40. The van der Waals surface area contributed by atoms with Crippen LogP contribution < -0.4 is 5.73 Å². The molecule has 6 heteroatoms. The summed E-state index contributed by atoms with van der Waals surface area (Å²) in [5, 5.41) is 4.10. The molecule has 0 saturated carbocycles. The van der Waals surface area contributed by atoms with Crippen molar-refractivity contribution in [3.8, 4) is 0 Å². The van der Waals surface area contributed by atoms with Crippen LogP contribution in [-0.2, 0) is 7.05 Å². The fourth-order valence-corrected chi connectivity index (χ4v) is 1.98. The Bertz CT molecular complexity index is 433. The van der Waals surface area contributed by atoms with Gasteiger partial charge in [-0.3, -0.25) is 14.6 Å². The molecule has 15 heavy (non-hydrogen) atoms. The lowest BCUT2D eigenvalue weighted by Crippen LogP contribution is -2.17. The van der Waals surface area contributed by atoms with E-state index in [1.54, 1.807) is 29.5 Å². The minimum atomic E-state index is -0.319. The predicted octanol–water partition coefficient (Wildman–Crippen LogP) is 1.02. The number of nitrogens with two attached hydrogens (primary N) is 1. The molecule has 5 nitrogen and oxygen atoms in total. The molecule has 2 heterocycles. The molecule has 0 aliphatic rings. The lowest BCUT2D eigenvalue weighted by atomic mass is 10.1. The zero-order valence-electron chi connectivity index (χ0n) is 8.13. The van der Waals surface area contributed by atoms with Crippen molar-refractivity contribution in [1.29, 1.82) is 0 Å². The summed E-state index contributed by atoms with van der Waals surface area (Å²) < 4.78 is 2.60. The Labute approximate surface area is 95.5 Å². The van der Waals surface area contributed by atoms with Crippen molar-refractivity contribution in [2.45, 2.75) is 6.04 Å². The molecule has 0 bridgehead atoms. The van der Waals surface area contributed by atoms with Crippen molar-refractivity contribution in [2.24, 2.45) is 12.8 Å². The van der Waals surface area contributed by atoms with Crippen molar-refractivity contribution >= 4 is 15.9 Å². The molecule has 1 unspecified atom stereocenters. The van der Waals surface area contributed by atoms with Crippen molar-refractivity contribution in [3.05, 3.63) is 40.6 Å². The Kier molecular flexibility index (Phi) is 2.79. The van der Waals surface area contributed by atoms with Crippen LogP contribution in [0.3, 0.4) is 0 Å². The number of rotatable bonds is 2. The van der Waals surface area contributed by atoms with Gasteiger partial charge in [0.25, 0.3) is 0 Å². The Hall–Kier alpha value is -1.27. The molecule has 2 aromatic heterocycles. The first-order valence-corrected chi connectivity index (χ1v) is 5.18. The van der Waals surface area contributed by atoms with Crippen molar-refractivity contribution in [1.82, 2.24) is 19.7 Å². The average molecular weight is 268 g/mol. The Morgan fingerprint density at radius 2 is 2.20 bits per heavy atom. The number of aromatic nitrogens is 4. The topological polar surface area (TPSA) is 69.6 Å². The highest BCUT2D eigenvalue weighted by molar-refractivity contribution is 9.10. The van der Waals surface area contributed by atoms with E-state index in [-0.39, 0.29) is 6.04 Å². The fraction of sp³-hybridized carbons (Fsp3) is 0.222. The second-order valence-corrected chi connectivity index (χ2v) is 3.96. The Morgan fingerprint density at radius 1 is 1.40 bits per heavy atom. The summed E-state index contributed by atoms with van der Waals surface area (Å²) in [4.78, 5) is 8.15. The quantitative estimate of drug-likeness (QED) is 0.882. The Balaban J connectivity index is 2.41. The summed E-state index contributed by atoms with van der Waals surface area (Å²) in [6.07, 6.45) is 6.61. The van der Waals surface area contributed by atoms with Gasteiger partial charge in [-0.25, -0.2) is 0 Å². The maximum Gasteiger partial charge on any atom is 0.0924 e. The molecular weight excluding hydrogens is 258 g/mol. The van der Waals surface area contributed by atoms with E-state index in [0.717, 1.165) is 15.9 Å². The minimum absolute atomic E-state index is 0.319. The minimum Gasteiger partial charge on any atom is -0.318 e. The highest BCUT2D eigenvalue weighted by Gasteiger charge is 2.17. The van der Waals surface area contributed by atoms with Crippen LogP contribution >= 0.6 is 15.9 Å². The van der Waals surface area contributed by atoms with E-state index in [1.807, 2.05) is 7.05 Å². The second-order valence-electron chi connectivity index (χ2n) is 3.11. The Morgan fingerprint density at radius 3 is 2.73 bits per heavy atom. The van der Waals surface area contributed by atoms with Gasteiger partial charge in [-0.15, -0.1) is 0 Å². The molecule has 0 saturated heterocycles. The molecule has 78 valence electrons. The van der Waals surface area contributed by atoms with E-state index in [0.29, 0.717) is 0 Å². The smallest absolute Gasteiger partial charge is 0.0924 e. The van der Waals surface area contributed by atoms with Crippen molar-refractivity contribution in [2.75, 3.05) is 0 Å². The molecule has 0 radical (unpaired) electrons. The number of hydrogen-bond donors (Lipinski definition) is 1. The summed E-state index contributed by atoms with van der Waals surface area (Å²) in [5.74, 6) is 0. The molecule has 1 atom stereocenters. The van der Waals surface area contributed by atoms with E-state index in [2.05, 4.69) is 31.0 Å². The highest BCUT2D eigenvalue weighted by atomic mass is 79.9. The SMILES string of the molecule is Cn1ncc(Br)c1C(N)c1cnccn1. The van der Waals surface area contributed by atoms with Crippen LogP contribution in [0.2, 0.25) is 0 Å². The fourth-order valence-electron chi connectivity index (χ4n) is 1.38. The van der Waals surface area contributed by atoms with Crippen LogP contribution in [0.5, 0.6) is 0 Å². The van der Waals surface area contributed by atoms with Gasteiger partial charge >= 0.3 is 0 Å². The molecular formula is C9H10BrN5. The molecule has 2 N–H and O–H groups in total. The van der Waals surface area contributed by atoms with Gasteiger partial charge in [-0.2, -0.15) is 5.10 Å². The third-order valence-electron chi connectivity index (χ3n) is 2.13. The summed E-state index contributed by atoms with van der Waals surface area (Å²) in [5.41, 5.74) is 7.68. The van der Waals surface area contributed by atoms with E-state index >= 15 is 0 Å². The summed E-state index contributed by atoms with van der Waals surface area (Å²) in [7, 11) is 1.84. The maximum atomic E-state index is 6.07. The first-order chi connectivity index (χ1) is 7.20. The van der Waals surface area contributed by atoms with Gasteiger partial charge in [-0.1, -0.05) is 0 Å². The zero-order chi connectivity index (χ0) is 10.8. The summed E-state index contributed by atoms with van der Waals surface area (Å²) in [6, 6.07) is -0.319. The number of hydrogen-bond acceptors (Lipinski definition) is 4. The number of halogens is 1. The lowest BCUT2D eigenvalue weighted by Gasteiger charge is -2.11. The van der Waals surface area contributed by atoms with Crippen molar-refractivity contribution in [3.63, 3.8) is 0 Å². The van der Waals surface area contributed by atoms with Crippen LogP contribution in [0.1, 0.15) is 17.4 Å². The lowest BCUT2D eigenvalue weighted by molar-refractivity contribution is 0.660. The van der Waals surface area contributed by atoms with Crippen LogP contribution in [-0.4, -0.2) is 19.7 Å². The van der Waals surface area contributed by atoms with E-state index in [4.69, 9.17) is 5.73 Å². The highest BCUT2D eigenvalue weighted by Crippen LogP contribution is 2.24. The molecule has 0 aliphatic heterocycles. The van der Waals surface area contributed by atoms with Gasteiger partial charge in [0.1, 0.15) is 0 Å². The van der Waals surface area contributed by atoms with E-state index in [1.165, 1.54) is 0 Å². The second kappa shape index (κ2) is 4.08. The van der Waals surface area contributed by atoms with Crippen LogP contribution in [0.4, 0.5) is 0 Å². The normalized spacial score (nSPS) is 12.7. The van der Waals surface area contributed by atoms with Gasteiger partial charge in [0.15, 0.2) is 0 Å². The maximum absolute atomic E-state index is 6.07. The molecule has 0 amide bonds. The standard InChI is InChI=1S/C9H10BrN5/c1-15-9(6(10)4-14-15)8(11)7-5-12-2-3-13-7/h2-5,8H,11H2,1H3. The van der Waals surface area contributed by atoms with Gasteiger partial charge in [0, 0.05) is 19.4 Å². The van der Waals surface area contributed by atoms with Gasteiger partial charge < -0.3 is 5.73 Å². The van der Waals surface area contributed by atoms with Crippen LogP contribution in [0.15, 0.2) is 29.3 Å². The summed E-state index contributed by atoms with van der Waals surface area (Å²) in [6.45, 7) is 0. The van der Waals surface area contributed by atoms with Gasteiger partial charge in [0.2, 0.25) is 0 Å². The molecule has 2 rings (SSSR count). The average Bonchev–Trinajstić information content (AvgIpc) is 2.59. The van der Waals surface area contributed by atoms with Gasteiger partial charge in [0.05, 0.1) is 34.3 Å². The largest absolute Gasteiger partial charge is 0.318 e. The van der Waals surface area contributed by atoms with Gasteiger partial charge in [-0.05, 0) is 15.9 Å². The molecule has 0 spiro atoms. The molecule has 0 aromatic carbocycles. The zero-order valence-corrected chi connectivity index (χ0v) is 9.72. The third kappa shape index (κ3) is 1.91. The third-order valence-corrected chi connectivity index (χ3v) is 2.74. The molecule has 2 aromatic rings. The van der Waals surface area contributed by atoms with Crippen LogP contribution in [0, 0.1) is 0 Å². The number of aryl methyl sites for hydroxylation is 1. The molecule has 0 aliphatic carbocycles. The van der Waals surface area contributed by atoms with Crippen LogP contribution in [0.25, 0.3) is 0 Å². The monoisotopic (exact) mass is 267 g/mol. The molecule has 0 fully saturated rings. The first kappa shape index (κ1) is 10.3. The predicted molar refractivity (Wildman–Crippen MR) is 59.0 cm³/mol. The number of nitrogens with zero attached hydrogens (tertiary/aromatic N) is 4. The van der Waals surface area contributed by atoms with E-state index < -0.39 is 0 Å². The van der Waals surface area contributed by atoms with E-state index in [9.17, 15) is 0 Å².